The molecule has 1 saturated heterocycles. The van der Waals surface area contributed by atoms with Crippen LogP contribution in [0.1, 0.15) is 19.3 Å². The second kappa shape index (κ2) is 14.0. The van der Waals surface area contributed by atoms with Crippen molar-refractivity contribution < 1.29 is 40.4 Å². The summed E-state index contributed by atoms with van der Waals surface area (Å²) in [6.45, 7) is 0.0954. The molecule has 0 radical (unpaired) electrons. The molecule has 3 rings (SSSR count). The van der Waals surface area contributed by atoms with Gasteiger partial charge in [0.1, 0.15) is 5.75 Å². The lowest BCUT2D eigenvalue weighted by atomic mass is 10.1. The Balaban J connectivity index is 1.77. The SMILES string of the molecule is CN(CCN(CC(=O)NO)S(=O)(=O)c1cc(F)c(Oc2ccc(Cl)cc2)c(F)c1)S(=O)(=O)CCN1CCCCC1. The smallest absolute Gasteiger partial charge is 0.258 e. The zero-order valence-electron chi connectivity index (χ0n) is 21.7. The van der Waals surface area contributed by atoms with Gasteiger partial charge >= 0.3 is 0 Å². The number of likely N-dealkylation sites (tertiary alicyclic amines) is 1. The van der Waals surface area contributed by atoms with Crippen molar-refractivity contribution in [3.05, 3.63) is 53.1 Å². The number of ether oxygens (including phenoxy) is 1. The first kappa shape index (κ1) is 32.1. The third kappa shape index (κ3) is 8.55. The monoisotopic (exact) mass is 624 g/mol. The Labute approximate surface area is 237 Å². The number of hydroxylamine groups is 1. The van der Waals surface area contributed by atoms with Gasteiger partial charge in [0, 0.05) is 31.7 Å². The minimum absolute atomic E-state index is 0.0450. The molecule has 0 unspecified atom stereocenters. The molecule has 0 bridgehead atoms. The van der Waals surface area contributed by atoms with Gasteiger partial charge < -0.3 is 9.64 Å². The number of carbonyl (C=O) groups excluding carboxylic acids is 1. The van der Waals surface area contributed by atoms with Crippen LogP contribution in [0.25, 0.3) is 0 Å². The molecule has 1 heterocycles. The van der Waals surface area contributed by atoms with E-state index in [0.717, 1.165) is 36.7 Å². The third-order valence-electron chi connectivity index (χ3n) is 6.34. The van der Waals surface area contributed by atoms with Crippen LogP contribution in [0, 0.1) is 11.6 Å². The highest BCUT2D eigenvalue weighted by molar-refractivity contribution is 7.89. The predicted molar refractivity (Wildman–Crippen MR) is 143 cm³/mol. The summed E-state index contributed by atoms with van der Waals surface area (Å²) in [4.78, 5) is 13.1. The molecule has 1 amide bonds. The van der Waals surface area contributed by atoms with E-state index in [0.29, 0.717) is 28.0 Å². The van der Waals surface area contributed by atoms with Crippen molar-refractivity contribution >= 4 is 37.6 Å². The first-order valence-corrected chi connectivity index (χ1v) is 15.8. The van der Waals surface area contributed by atoms with Crippen molar-refractivity contribution in [2.45, 2.75) is 24.2 Å². The summed E-state index contributed by atoms with van der Waals surface area (Å²) in [6.07, 6.45) is 3.08. The Morgan fingerprint density at radius 1 is 1.05 bits per heavy atom. The van der Waals surface area contributed by atoms with E-state index < -0.39 is 61.3 Å². The normalized spacial score (nSPS) is 15.0. The van der Waals surface area contributed by atoms with Crippen LogP contribution in [0.5, 0.6) is 11.5 Å². The number of piperidine rings is 1. The summed E-state index contributed by atoms with van der Waals surface area (Å²) in [5, 5.41) is 9.29. The van der Waals surface area contributed by atoms with E-state index in [1.807, 2.05) is 4.90 Å². The molecule has 222 valence electrons. The Morgan fingerprint density at radius 3 is 2.23 bits per heavy atom. The van der Waals surface area contributed by atoms with Gasteiger partial charge in [-0.3, -0.25) is 10.0 Å². The maximum Gasteiger partial charge on any atom is 0.258 e. The van der Waals surface area contributed by atoms with Gasteiger partial charge in [0.05, 0.1) is 17.2 Å². The summed E-state index contributed by atoms with van der Waals surface area (Å²) >= 11 is 5.78. The van der Waals surface area contributed by atoms with Crippen molar-refractivity contribution in [2.75, 3.05) is 52.1 Å². The number of halogens is 3. The Bertz CT molecular complexity index is 1370. The fourth-order valence-corrected chi connectivity index (χ4v) is 6.71. The average molecular weight is 625 g/mol. The number of carbonyl (C=O) groups is 1. The molecule has 11 nitrogen and oxygen atoms in total. The maximum atomic E-state index is 14.8. The summed E-state index contributed by atoms with van der Waals surface area (Å²) in [6, 6.07) is 6.62. The number of rotatable bonds is 13. The van der Waals surface area contributed by atoms with Gasteiger partial charge in [-0.1, -0.05) is 18.0 Å². The summed E-state index contributed by atoms with van der Waals surface area (Å²) < 4.78 is 88.4. The fourth-order valence-electron chi connectivity index (χ4n) is 4.01. The number of nitrogens with one attached hydrogen (secondary N) is 1. The summed E-state index contributed by atoms with van der Waals surface area (Å²) in [5.74, 6) is -4.80. The predicted octanol–water partition coefficient (Wildman–Crippen LogP) is 2.65. The minimum atomic E-state index is -4.74. The van der Waals surface area contributed by atoms with Crippen molar-refractivity contribution in [3.63, 3.8) is 0 Å². The highest BCUT2D eigenvalue weighted by atomic mass is 35.5. The molecule has 1 aliphatic heterocycles. The Kier molecular flexibility index (Phi) is 11.2. The highest BCUT2D eigenvalue weighted by Crippen LogP contribution is 2.31. The van der Waals surface area contributed by atoms with Gasteiger partial charge in [-0.25, -0.2) is 35.4 Å². The first-order valence-electron chi connectivity index (χ1n) is 12.4. The number of likely N-dealkylation sites (N-methyl/N-ethyl adjacent to an activating group) is 1. The van der Waals surface area contributed by atoms with E-state index in [4.69, 9.17) is 21.5 Å². The van der Waals surface area contributed by atoms with Crippen molar-refractivity contribution in [3.8, 4) is 11.5 Å². The van der Waals surface area contributed by atoms with Crippen LogP contribution >= 0.6 is 11.6 Å². The summed E-state index contributed by atoms with van der Waals surface area (Å²) in [7, 11) is -7.25. The lowest BCUT2D eigenvalue weighted by Crippen LogP contribution is -2.45. The van der Waals surface area contributed by atoms with E-state index in [9.17, 15) is 30.4 Å². The van der Waals surface area contributed by atoms with Crippen LogP contribution in [-0.2, 0) is 24.8 Å². The zero-order valence-corrected chi connectivity index (χ0v) is 24.1. The van der Waals surface area contributed by atoms with E-state index in [2.05, 4.69) is 0 Å². The molecule has 2 N–H and O–H groups in total. The van der Waals surface area contributed by atoms with Crippen LogP contribution in [0.15, 0.2) is 41.3 Å². The van der Waals surface area contributed by atoms with E-state index >= 15 is 0 Å². The highest BCUT2D eigenvalue weighted by Gasteiger charge is 2.31. The molecule has 1 aliphatic rings. The summed E-state index contributed by atoms with van der Waals surface area (Å²) in [5.41, 5.74) is 1.30. The van der Waals surface area contributed by atoms with Crippen LogP contribution in [0.2, 0.25) is 5.02 Å². The lowest BCUT2D eigenvalue weighted by Gasteiger charge is -2.28. The van der Waals surface area contributed by atoms with Crippen molar-refractivity contribution in [1.82, 2.24) is 19.0 Å². The number of nitrogens with zero attached hydrogens (tertiary/aromatic N) is 3. The molecule has 0 aliphatic carbocycles. The van der Waals surface area contributed by atoms with Gasteiger partial charge in [-0.05, 0) is 62.3 Å². The first-order chi connectivity index (χ1) is 18.8. The van der Waals surface area contributed by atoms with Crippen molar-refractivity contribution in [1.29, 1.82) is 0 Å². The Morgan fingerprint density at radius 2 is 1.65 bits per heavy atom. The second-order valence-corrected chi connectivity index (χ2v) is 13.8. The lowest BCUT2D eigenvalue weighted by molar-refractivity contribution is -0.129. The van der Waals surface area contributed by atoms with Gasteiger partial charge in [0.2, 0.25) is 20.0 Å². The standard InChI is InChI=1S/C24H31ClF2N4O7S2/c1-29(39(34,35)14-13-30-9-3-2-4-10-30)11-12-31(17-23(32)28-33)40(36,37)20-15-21(26)24(22(27)16-20)38-19-7-5-18(25)6-8-19/h5-8,15-16,33H,2-4,9-14,17H2,1H3,(H,28,32). The molecule has 0 saturated carbocycles. The molecule has 2 aromatic rings. The Hall–Kier alpha value is -2.40. The molecule has 2 aromatic carbocycles. The van der Waals surface area contributed by atoms with Gasteiger partial charge in [-0.2, -0.15) is 4.31 Å². The molecule has 0 aromatic heterocycles. The maximum absolute atomic E-state index is 14.8. The molecule has 0 atom stereocenters. The fraction of sp³-hybridized carbons (Fsp3) is 0.458. The number of benzene rings is 2. The molecule has 0 spiro atoms. The number of amides is 1. The molecular weight excluding hydrogens is 594 g/mol. The van der Waals surface area contributed by atoms with Gasteiger partial charge in [0.25, 0.3) is 5.91 Å². The average Bonchev–Trinajstić information content (AvgIpc) is 2.92. The number of hydrogen-bond acceptors (Lipinski definition) is 8. The third-order valence-corrected chi connectivity index (χ3v) is 10.2. The van der Waals surface area contributed by atoms with Crippen LogP contribution in [-0.4, -0.2) is 93.5 Å². The van der Waals surface area contributed by atoms with Crippen molar-refractivity contribution in [2.24, 2.45) is 0 Å². The van der Waals surface area contributed by atoms with E-state index in [-0.39, 0.29) is 18.0 Å². The van der Waals surface area contributed by atoms with E-state index in [1.165, 1.54) is 36.8 Å². The number of sulfonamides is 2. The van der Waals surface area contributed by atoms with Gasteiger partial charge in [-0.15, -0.1) is 0 Å². The molecule has 16 heteroatoms. The molecular formula is C24H31ClF2N4O7S2. The quantitative estimate of drug-likeness (QED) is 0.256. The minimum Gasteiger partial charge on any atom is -0.451 e. The van der Waals surface area contributed by atoms with Crippen LogP contribution in [0.4, 0.5) is 8.78 Å². The largest absolute Gasteiger partial charge is 0.451 e. The molecule has 1 fully saturated rings. The van der Waals surface area contributed by atoms with E-state index in [1.54, 1.807) is 0 Å². The zero-order chi connectivity index (χ0) is 29.5. The topological polar surface area (TPSA) is 137 Å². The van der Waals surface area contributed by atoms with Gasteiger partial charge in [0.15, 0.2) is 17.4 Å². The van der Waals surface area contributed by atoms with Crippen LogP contribution in [0.3, 0.4) is 0 Å². The van der Waals surface area contributed by atoms with Crippen LogP contribution < -0.4 is 10.2 Å². The number of hydrogen-bond donors (Lipinski definition) is 2. The second-order valence-electron chi connectivity index (χ2n) is 9.19. The molecule has 40 heavy (non-hydrogen) atoms.